The number of anilines is 2. The highest BCUT2D eigenvalue weighted by Crippen LogP contribution is 2.24. The summed E-state index contributed by atoms with van der Waals surface area (Å²) in [6.07, 6.45) is 1.70. The zero-order valence-corrected chi connectivity index (χ0v) is 15.9. The summed E-state index contributed by atoms with van der Waals surface area (Å²) in [5.74, 6) is 0.445. The molecule has 1 aliphatic rings. The summed E-state index contributed by atoms with van der Waals surface area (Å²) >= 11 is 0. The number of aryl methyl sites for hydroxylation is 1. The normalized spacial score (nSPS) is 16.9. The molecule has 1 amide bonds. The number of pyridine rings is 2. The van der Waals surface area contributed by atoms with E-state index in [9.17, 15) is 9.59 Å². The van der Waals surface area contributed by atoms with Gasteiger partial charge in [0.2, 0.25) is 5.56 Å². The largest absolute Gasteiger partial charge is 0.377 e. The van der Waals surface area contributed by atoms with Crippen LogP contribution in [0.1, 0.15) is 22.8 Å². The molecule has 3 aromatic rings. The van der Waals surface area contributed by atoms with Crippen molar-refractivity contribution in [2.45, 2.75) is 19.9 Å². The van der Waals surface area contributed by atoms with Gasteiger partial charge in [-0.25, -0.2) is 4.98 Å². The molecule has 1 unspecified atom stereocenters. The Morgan fingerprint density at radius 2 is 2.18 bits per heavy atom. The van der Waals surface area contributed by atoms with Crippen LogP contribution in [0.3, 0.4) is 0 Å². The van der Waals surface area contributed by atoms with E-state index in [1.165, 1.54) is 0 Å². The average Bonchev–Trinajstić information content (AvgIpc) is 2.69. The van der Waals surface area contributed by atoms with Crippen LogP contribution in [0.2, 0.25) is 0 Å². The summed E-state index contributed by atoms with van der Waals surface area (Å²) in [6, 6.07) is 10.7. The maximum absolute atomic E-state index is 13.0. The average molecular weight is 378 g/mol. The second kappa shape index (κ2) is 7.44. The first-order valence-electron chi connectivity index (χ1n) is 9.27. The Hall–Kier alpha value is -3.19. The predicted octanol–water partition coefficient (Wildman–Crippen LogP) is 2.71. The van der Waals surface area contributed by atoms with Crippen LogP contribution in [-0.2, 0) is 4.74 Å². The highest BCUT2D eigenvalue weighted by molar-refractivity contribution is 6.08. The van der Waals surface area contributed by atoms with Gasteiger partial charge in [-0.1, -0.05) is 0 Å². The van der Waals surface area contributed by atoms with E-state index in [4.69, 9.17) is 4.74 Å². The van der Waals surface area contributed by atoms with E-state index >= 15 is 0 Å². The molecule has 0 radical (unpaired) electrons. The molecule has 7 nitrogen and oxygen atoms in total. The highest BCUT2D eigenvalue weighted by Gasteiger charge is 2.24. The van der Waals surface area contributed by atoms with Crippen LogP contribution in [-0.4, -0.2) is 41.7 Å². The number of aromatic nitrogens is 2. The standard InChI is InChI=1S/C21H22N4O3/c1-13-10-19(26)24-18-6-5-15(11-17(13)18)23-21(27)16-4-3-7-22-20(16)25-8-9-28-12-14(25)2/h3-7,10-11,14H,8-9,12H2,1-2H3,(H,23,27)(H,24,26). The lowest BCUT2D eigenvalue weighted by molar-refractivity contribution is 0.0972. The quantitative estimate of drug-likeness (QED) is 0.732. The fraction of sp³-hybridized carbons (Fsp3) is 0.286. The number of nitrogens with one attached hydrogen (secondary N) is 2. The van der Waals surface area contributed by atoms with Crippen molar-refractivity contribution in [2.75, 3.05) is 30.0 Å². The number of fused-ring (bicyclic) bond motifs is 1. The van der Waals surface area contributed by atoms with E-state index in [0.29, 0.717) is 36.8 Å². The Balaban J connectivity index is 1.64. The molecule has 2 aromatic heterocycles. The van der Waals surface area contributed by atoms with Gasteiger partial charge in [-0.15, -0.1) is 0 Å². The summed E-state index contributed by atoms with van der Waals surface area (Å²) in [5.41, 5.74) is 2.65. The van der Waals surface area contributed by atoms with Gasteiger partial charge in [-0.3, -0.25) is 9.59 Å². The zero-order valence-electron chi connectivity index (χ0n) is 15.9. The third-order valence-corrected chi connectivity index (χ3v) is 4.98. The van der Waals surface area contributed by atoms with E-state index in [0.717, 1.165) is 16.5 Å². The molecule has 1 atom stereocenters. The van der Waals surface area contributed by atoms with Crippen molar-refractivity contribution in [2.24, 2.45) is 0 Å². The molecule has 0 aliphatic carbocycles. The Morgan fingerprint density at radius 3 is 3.00 bits per heavy atom. The molecule has 4 rings (SSSR count). The third kappa shape index (κ3) is 3.48. The molecule has 28 heavy (non-hydrogen) atoms. The van der Waals surface area contributed by atoms with Gasteiger partial charge in [0.25, 0.3) is 5.91 Å². The zero-order chi connectivity index (χ0) is 19.7. The van der Waals surface area contributed by atoms with Crippen molar-refractivity contribution in [3.05, 3.63) is 64.1 Å². The van der Waals surface area contributed by atoms with E-state index in [1.54, 1.807) is 36.5 Å². The number of rotatable bonds is 3. The number of H-pyrrole nitrogens is 1. The Morgan fingerprint density at radius 1 is 1.32 bits per heavy atom. The number of nitrogens with zero attached hydrogens (tertiary/aromatic N) is 2. The summed E-state index contributed by atoms with van der Waals surface area (Å²) in [7, 11) is 0. The van der Waals surface area contributed by atoms with Crippen molar-refractivity contribution in [1.29, 1.82) is 0 Å². The van der Waals surface area contributed by atoms with Crippen LogP contribution < -0.4 is 15.8 Å². The number of carbonyl (C=O) groups excluding carboxylic acids is 1. The lowest BCUT2D eigenvalue weighted by Crippen LogP contribution is -2.45. The third-order valence-electron chi connectivity index (χ3n) is 4.98. The van der Waals surface area contributed by atoms with Crippen molar-refractivity contribution >= 4 is 28.3 Å². The van der Waals surface area contributed by atoms with E-state index in [-0.39, 0.29) is 17.5 Å². The van der Waals surface area contributed by atoms with Gasteiger partial charge in [0.05, 0.1) is 24.8 Å². The molecule has 144 valence electrons. The van der Waals surface area contributed by atoms with Crippen LogP contribution >= 0.6 is 0 Å². The number of amides is 1. The molecule has 1 saturated heterocycles. The number of morpholine rings is 1. The van der Waals surface area contributed by atoms with Crippen molar-refractivity contribution < 1.29 is 9.53 Å². The first-order valence-corrected chi connectivity index (χ1v) is 9.27. The maximum Gasteiger partial charge on any atom is 0.259 e. The van der Waals surface area contributed by atoms with E-state index < -0.39 is 0 Å². The number of hydrogen-bond acceptors (Lipinski definition) is 5. The Labute approximate surface area is 162 Å². The van der Waals surface area contributed by atoms with Crippen LogP contribution in [0.4, 0.5) is 11.5 Å². The van der Waals surface area contributed by atoms with Gasteiger partial charge in [-0.05, 0) is 49.7 Å². The lowest BCUT2D eigenvalue weighted by Gasteiger charge is -2.35. The van der Waals surface area contributed by atoms with Crippen molar-refractivity contribution in [3.63, 3.8) is 0 Å². The van der Waals surface area contributed by atoms with Crippen LogP contribution in [0, 0.1) is 6.92 Å². The van der Waals surface area contributed by atoms with Crippen LogP contribution in [0.5, 0.6) is 0 Å². The Kier molecular flexibility index (Phi) is 4.83. The van der Waals surface area contributed by atoms with Crippen LogP contribution in [0.15, 0.2) is 47.4 Å². The van der Waals surface area contributed by atoms with Gasteiger partial charge in [0.1, 0.15) is 5.82 Å². The second-order valence-corrected chi connectivity index (χ2v) is 7.02. The molecular formula is C21H22N4O3. The minimum Gasteiger partial charge on any atom is -0.377 e. The van der Waals surface area contributed by atoms with Crippen molar-refractivity contribution in [1.82, 2.24) is 9.97 Å². The van der Waals surface area contributed by atoms with Gasteiger partial charge < -0.3 is 19.9 Å². The number of ether oxygens (including phenoxy) is 1. The number of aromatic amines is 1. The van der Waals surface area contributed by atoms with Gasteiger partial charge in [-0.2, -0.15) is 0 Å². The van der Waals surface area contributed by atoms with E-state index in [2.05, 4.69) is 27.1 Å². The highest BCUT2D eigenvalue weighted by atomic mass is 16.5. The topological polar surface area (TPSA) is 87.3 Å². The summed E-state index contributed by atoms with van der Waals surface area (Å²) < 4.78 is 5.49. The fourth-order valence-corrected chi connectivity index (χ4v) is 3.54. The molecule has 1 fully saturated rings. The summed E-state index contributed by atoms with van der Waals surface area (Å²) in [4.78, 5) is 34.0. The summed E-state index contributed by atoms with van der Waals surface area (Å²) in [6.45, 7) is 5.86. The molecule has 0 saturated carbocycles. The smallest absolute Gasteiger partial charge is 0.259 e. The maximum atomic E-state index is 13.0. The molecule has 1 aromatic carbocycles. The minimum absolute atomic E-state index is 0.138. The Bertz CT molecular complexity index is 1090. The first kappa shape index (κ1) is 18.2. The van der Waals surface area contributed by atoms with Gasteiger partial charge in [0.15, 0.2) is 0 Å². The second-order valence-electron chi connectivity index (χ2n) is 7.02. The molecule has 2 N–H and O–H groups in total. The van der Waals surface area contributed by atoms with Gasteiger partial charge >= 0.3 is 0 Å². The molecule has 1 aliphatic heterocycles. The molecule has 7 heteroatoms. The molecule has 0 bridgehead atoms. The number of benzene rings is 1. The molecular weight excluding hydrogens is 356 g/mol. The number of carbonyl (C=O) groups is 1. The number of hydrogen-bond donors (Lipinski definition) is 2. The molecule has 3 heterocycles. The van der Waals surface area contributed by atoms with Crippen LogP contribution in [0.25, 0.3) is 10.9 Å². The monoisotopic (exact) mass is 378 g/mol. The SMILES string of the molecule is Cc1cc(=O)[nH]c2ccc(NC(=O)c3cccnc3N3CCOCC3C)cc12. The molecule has 0 spiro atoms. The van der Waals surface area contributed by atoms with Gasteiger partial charge in [0, 0.05) is 35.4 Å². The van der Waals surface area contributed by atoms with E-state index in [1.807, 2.05) is 13.0 Å². The fourth-order valence-electron chi connectivity index (χ4n) is 3.54. The lowest BCUT2D eigenvalue weighted by atomic mass is 10.1. The minimum atomic E-state index is -0.219. The predicted molar refractivity (Wildman–Crippen MR) is 109 cm³/mol. The first-order chi connectivity index (χ1) is 13.5. The summed E-state index contributed by atoms with van der Waals surface area (Å²) in [5, 5.41) is 3.85. The van der Waals surface area contributed by atoms with Crippen molar-refractivity contribution in [3.8, 4) is 0 Å².